The van der Waals surface area contributed by atoms with E-state index in [1.54, 1.807) is 12.1 Å². The van der Waals surface area contributed by atoms with Crippen molar-refractivity contribution in [3.05, 3.63) is 59.7 Å². The van der Waals surface area contributed by atoms with Crippen molar-refractivity contribution in [1.82, 2.24) is 10.1 Å². The molecule has 1 aliphatic carbocycles. The smallest absolute Gasteiger partial charge is 0.258 e. The molecule has 1 aliphatic rings. The zero-order valence-electron chi connectivity index (χ0n) is 17.7. The lowest BCUT2D eigenvalue weighted by molar-refractivity contribution is 0.303. The first-order valence-corrected chi connectivity index (χ1v) is 11.2. The van der Waals surface area contributed by atoms with E-state index in [4.69, 9.17) is 9.78 Å². The van der Waals surface area contributed by atoms with Crippen LogP contribution in [0.25, 0.3) is 22.8 Å². The van der Waals surface area contributed by atoms with Gasteiger partial charge >= 0.3 is 0 Å². The number of aromatic nitrogens is 2. The van der Waals surface area contributed by atoms with Crippen LogP contribution < -0.4 is 0 Å². The highest BCUT2D eigenvalue weighted by atomic mass is 16.5. The van der Waals surface area contributed by atoms with Crippen molar-refractivity contribution in [2.45, 2.75) is 64.2 Å². The fourth-order valence-corrected chi connectivity index (χ4v) is 4.52. The number of rotatable bonds is 7. The summed E-state index contributed by atoms with van der Waals surface area (Å²) in [6.45, 7) is 2.28. The first-order valence-electron chi connectivity index (χ1n) is 11.2. The maximum Gasteiger partial charge on any atom is 0.258 e. The SMILES string of the molecule is CCCCCC1CCC(c2ccc(-c3noc(-c4ccc(C#N)cc4)n3)cc2)CC1. The van der Waals surface area contributed by atoms with Gasteiger partial charge < -0.3 is 4.52 Å². The zero-order chi connectivity index (χ0) is 20.8. The van der Waals surface area contributed by atoms with Gasteiger partial charge in [-0.1, -0.05) is 62.0 Å². The van der Waals surface area contributed by atoms with Crippen LogP contribution in [0.3, 0.4) is 0 Å². The van der Waals surface area contributed by atoms with Crippen LogP contribution in [0.2, 0.25) is 0 Å². The molecular formula is C26H29N3O. The highest BCUT2D eigenvalue weighted by molar-refractivity contribution is 5.60. The quantitative estimate of drug-likeness (QED) is 0.396. The summed E-state index contributed by atoms with van der Waals surface area (Å²) in [7, 11) is 0. The molecule has 0 spiro atoms. The molecule has 3 aromatic rings. The largest absolute Gasteiger partial charge is 0.334 e. The van der Waals surface area contributed by atoms with E-state index in [9.17, 15) is 0 Å². The van der Waals surface area contributed by atoms with E-state index in [1.807, 2.05) is 12.1 Å². The normalized spacial score (nSPS) is 18.8. The van der Waals surface area contributed by atoms with Crippen molar-refractivity contribution in [1.29, 1.82) is 5.26 Å². The lowest BCUT2D eigenvalue weighted by atomic mass is 9.77. The minimum Gasteiger partial charge on any atom is -0.334 e. The number of hydrogen-bond acceptors (Lipinski definition) is 4. The molecule has 0 unspecified atom stereocenters. The first kappa shape index (κ1) is 20.3. The van der Waals surface area contributed by atoms with Crippen LogP contribution >= 0.6 is 0 Å². The molecule has 1 aromatic heterocycles. The minimum atomic E-state index is 0.472. The molecule has 2 aromatic carbocycles. The topological polar surface area (TPSA) is 62.7 Å². The Labute approximate surface area is 178 Å². The number of nitriles is 1. The van der Waals surface area contributed by atoms with Gasteiger partial charge in [-0.15, -0.1) is 0 Å². The molecule has 30 heavy (non-hydrogen) atoms. The molecule has 0 saturated heterocycles. The Morgan fingerprint density at radius 1 is 0.933 bits per heavy atom. The van der Waals surface area contributed by atoms with Crippen LogP contribution in [0.15, 0.2) is 53.1 Å². The molecule has 154 valence electrons. The Morgan fingerprint density at radius 3 is 2.30 bits per heavy atom. The second-order valence-electron chi connectivity index (χ2n) is 8.45. The maximum absolute atomic E-state index is 8.92. The average Bonchev–Trinajstić information content (AvgIpc) is 3.30. The molecular weight excluding hydrogens is 370 g/mol. The molecule has 1 heterocycles. The van der Waals surface area contributed by atoms with Crippen molar-refractivity contribution < 1.29 is 4.52 Å². The van der Waals surface area contributed by atoms with Gasteiger partial charge in [0.05, 0.1) is 11.6 Å². The van der Waals surface area contributed by atoms with E-state index in [0.717, 1.165) is 17.0 Å². The van der Waals surface area contributed by atoms with Crippen molar-refractivity contribution in [2.75, 3.05) is 0 Å². The van der Waals surface area contributed by atoms with Gasteiger partial charge in [-0.05, 0) is 67.3 Å². The van der Waals surface area contributed by atoms with Crippen molar-refractivity contribution in [2.24, 2.45) is 5.92 Å². The van der Waals surface area contributed by atoms with Crippen molar-refractivity contribution in [3.8, 4) is 28.9 Å². The molecule has 4 nitrogen and oxygen atoms in total. The number of benzene rings is 2. The summed E-state index contributed by atoms with van der Waals surface area (Å²) in [5, 5.41) is 13.1. The van der Waals surface area contributed by atoms with Crippen LogP contribution in [0.4, 0.5) is 0 Å². The molecule has 0 N–H and O–H groups in total. The summed E-state index contributed by atoms with van der Waals surface area (Å²) in [6, 6.07) is 18.0. The van der Waals surface area contributed by atoms with E-state index in [1.165, 1.54) is 56.9 Å². The molecule has 0 radical (unpaired) electrons. The Morgan fingerprint density at radius 2 is 1.63 bits per heavy atom. The van der Waals surface area contributed by atoms with Gasteiger partial charge in [0.15, 0.2) is 0 Å². The fraction of sp³-hybridized carbons (Fsp3) is 0.423. The summed E-state index contributed by atoms with van der Waals surface area (Å²) < 4.78 is 5.43. The summed E-state index contributed by atoms with van der Waals surface area (Å²) in [6.07, 6.45) is 10.9. The van der Waals surface area contributed by atoms with E-state index < -0.39 is 0 Å². The van der Waals surface area contributed by atoms with Crippen molar-refractivity contribution >= 4 is 0 Å². The Kier molecular flexibility index (Phi) is 6.59. The predicted molar refractivity (Wildman–Crippen MR) is 119 cm³/mol. The van der Waals surface area contributed by atoms with Crippen LogP contribution in [0.5, 0.6) is 0 Å². The molecule has 4 rings (SSSR count). The van der Waals surface area contributed by atoms with Crippen LogP contribution in [-0.4, -0.2) is 10.1 Å². The Balaban J connectivity index is 1.37. The molecule has 1 fully saturated rings. The lowest BCUT2D eigenvalue weighted by Gasteiger charge is -2.29. The van der Waals surface area contributed by atoms with Gasteiger partial charge in [0, 0.05) is 11.1 Å². The summed E-state index contributed by atoms with van der Waals surface area (Å²) in [5.41, 5.74) is 3.83. The van der Waals surface area contributed by atoms with E-state index in [-0.39, 0.29) is 0 Å². The minimum absolute atomic E-state index is 0.472. The monoisotopic (exact) mass is 399 g/mol. The molecule has 4 heteroatoms. The second kappa shape index (κ2) is 9.71. The maximum atomic E-state index is 8.92. The van der Waals surface area contributed by atoms with Gasteiger partial charge in [-0.25, -0.2) is 0 Å². The summed E-state index contributed by atoms with van der Waals surface area (Å²) in [5.74, 6) is 2.69. The highest BCUT2D eigenvalue weighted by Gasteiger charge is 2.22. The molecule has 0 amide bonds. The third kappa shape index (κ3) is 4.79. The zero-order valence-corrected chi connectivity index (χ0v) is 17.7. The van der Waals surface area contributed by atoms with Gasteiger partial charge in [0.25, 0.3) is 5.89 Å². The summed E-state index contributed by atoms with van der Waals surface area (Å²) in [4.78, 5) is 4.53. The molecule has 1 saturated carbocycles. The first-order chi connectivity index (χ1) is 14.8. The van der Waals surface area contributed by atoms with Gasteiger partial charge in [-0.3, -0.25) is 0 Å². The van der Waals surface area contributed by atoms with E-state index in [0.29, 0.717) is 23.2 Å². The van der Waals surface area contributed by atoms with Crippen molar-refractivity contribution in [3.63, 3.8) is 0 Å². The highest BCUT2D eigenvalue weighted by Crippen LogP contribution is 2.38. The van der Waals surface area contributed by atoms with Gasteiger partial charge in [0.2, 0.25) is 5.82 Å². The van der Waals surface area contributed by atoms with Gasteiger partial charge in [-0.2, -0.15) is 10.2 Å². The standard InChI is InChI=1S/C26H29N3O/c1-2-3-4-5-19-6-10-21(11-7-19)22-14-16-23(17-15-22)25-28-26(30-29-25)24-12-8-20(18-27)9-13-24/h8-9,12-17,19,21H,2-7,10-11H2,1H3. The molecule has 0 atom stereocenters. The Hall–Kier alpha value is -2.93. The van der Waals surface area contributed by atoms with Gasteiger partial charge in [0.1, 0.15) is 0 Å². The van der Waals surface area contributed by atoms with Crippen LogP contribution in [0, 0.1) is 17.2 Å². The number of unbranched alkanes of at least 4 members (excludes halogenated alkanes) is 2. The van der Waals surface area contributed by atoms with E-state index >= 15 is 0 Å². The van der Waals surface area contributed by atoms with Crippen LogP contribution in [0.1, 0.15) is 75.3 Å². The number of nitrogens with zero attached hydrogens (tertiary/aromatic N) is 3. The Bertz CT molecular complexity index is 974. The fourth-order valence-electron chi connectivity index (χ4n) is 4.52. The summed E-state index contributed by atoms with van der Waals surface area (Å²) >= 11 is 0. The second-order valence-corrected chi connectivity index (χ2v) is 8.45. The molecule has 0 bridgehead atoms. The predicted octanol–water partition coefficient (Wildman–Crippen LogP) is 7.13. The average molecular weight is 400 g/mol. The van der Waals surface area contributed by atoms with Crippen LogP contribution in [-0.2, 0) is 0 Å². The third-order valence-corrected chi connectivity index (χ3v) is 6.39. The third-order valence-electron chi connectivity index (χ3n) is 6.39. The number of hydrogen-bond donors (Lipinski definition) is 0. The van der Waals surface area contributed by atoms with E-state index in [2.05, 4.69) is 47.4 Å². The lowest BCUT2D eigenvalue weighted by Crippen LogP contribution is -2.13. The molecule has 0 aliphatic heterocycles.